The summed E-state index contributed by atoms with van der Waals surface area (Å²) in [5, 5.41) is 2.97. The van der Waals surface area contributed by atoms with Crippen LogP contribution in [0.2, 0.25) is 0 Å². The minimum Gasteiger partial charge on any atom is -0.353 e. The Kier molecular flexibility index (Phi) is 5.22. The number of benzene rings is 1. The molecule has 1 aliphatic rings. The molecule has 2 atom stereocenters. The Bertz CT molecular complexity index is 537. The molecule has 0 saturated carbocycles. The molecule has 0 aromatic heterocycles. The van der Waals surface area contributed by atoms with Crippen LogP contribution in [0.25, 0.3) is 0 Å². The van der Waals surface area contributed by atoms with E-state index >= 15 is 0 Å². The second kappa shape index (κ2) is 6.95. The van der Waals surface area contributed by atoms with Crippen LogP contribution in [-0.2, 0) is 9.59 Å². The van der Waals surface area contributed by atoms with E-state index in [1.165, 1.54) is 5.56 Å². The second-order valence-electron chi connectivity index (χ2n) is 6.47. The molecule has 1 aliphatic heterocycles. The van der Waals surface area contributed by atoms with Crippen molar-refractivity contribution in [2.24, 2.45) is 5.92 Å². The van der Waals surface area contributed by atoms with Gasteiger partial charge in [0.1, 0.15) is 0 Å². The molecule has 1 saturated heterocycles. The Hall–Kier alpha value is -1.84. The average Bonchev–Trinajstić information content (AvgIpc) is 2.89. The van der Waals surface area contributed by atoms with E-state index in [4.69, 9.17) is 0 Å². The minimum atomic E-state index is -0.244. The van der Waals surface area contributed by atoms with Gasteiger partial charge in [-0.05, 0) is 37.0 Å². The molecule has 1 N–H and O–H groups in total. The fraction of sp³-hybridized carbons (Fsp3) is 0.556. The van der Waals surface area contributed by atoms with Gasteiger partial charge in [-0.25, -0.2) is 0 Å². The lowest BCUT2D eigenvalue weighted by molar-refractivity contribution is -0.126. The molecule has 0 unspecified atom stereocenters. The molecular weight excluding hydrogens is 276 g/mol. The minimum absolute atomic E-state index is 0.0102. The van der Waals surface area contributed by atoms with Gasteiger partial charge in [0.2, 0.25) is 11.8 Å². The average molecular weight is 302 g/mol. The first-order valence-electron chi connectivity index (χ1n) is 8.13. The molecule has 4 heteroatoms. The van der Waals surface area contributed by atoms with Crippen molar-refractivity contribution in [2.75, 3.05) is 11.4 Å². The number of nitrogens with zero attached hydrogens (tertiary/aromatic N) is 1. The summed E-state index contributed by atoms with van der Waals surface area (Å²) in [6.45, 7) is 8.78. The zero-order valence-corrected chi connectivity index (χ0v) is 13.9. The fourth-order valence-corrected chi connectivity index (χ4v) is 2.63. The van der Waals surface area contributed by atoms with Crippen molar-refractivity contribution >= 4 is 17.5 Å². The van der Waals surface area contributed by atoms with Gasteiger partial charge < -0.3 is 10.2 Å². The van der Waals surface area contributed by atoms with E-state index in [1.54, 1.807) is 4.90 Å². The Labute approximate surface area is 132 Å². The molecule has 120 valence electrons. The molecule has 2 amide bonds. The lowest BCUT2D eigenvalue weighted by atomic mass is 10.0. The maximum absolute atomic E-state index is 12.2. The van der Waals surface area contributed by atoms with E-state index in [0.717, 1.165) is 12.1 Å². The van der Waals surface area contributed by atoms with Gasteiger partial charge in [-0.15, -0.1) is 0 Å². The highest BCUT2D eigenvalue weighted by Gasteiger charge is 2.35. The molecular formula is C18H26N2O2. The predicted molar refractivity (Wildman–Crippen MR) is 88.9 cm³/mol. The summed E-state index contributed by atoms with van der Waals surface area (Å²) < 4.78 is 0. The number of anilines is 1. The lowest BCUT2D eigenvalue weighted by Crippen LogP contribution is -2.38. The zero-order valence-electron chi connectivity index (χ0n) is 13.9. The standard InChI is InChI=1S/C18H26N2O2/c1-5-13(4)19-18(22)15-10-17(21)20(11-15)16-8-6-14(7-9-16)12(2)3/h6-9,12-13,15H,5,10-11H2,1-4H3,(H,19,22)/t13-,15+/m0/s1. The van der Waals surface area contributed by atoms with Crippen LogP contribution in [0.5, 0.6) is 0 Å². The molecule has 2 rings (SSSR count). The summed E-state index contributed by atoms with van der Waals surface area (Å²) in [6.07, 6.45) is 1.20. The molecule has 1 aromatic rings. The van der Waals surface area contributed by atoms with Crippen molar-refractivity contribution in [1.29, 1.82) is 0 Å². The number of carbonyl (C=O) groups excluding carboxylic acids is 2. The summed E-state index contributed by atoms with van der Waals surface area (Å²) in [5.41, 5.74) is 2.13. The molecule has 1 aromatic carbocycles. The van der Waals surface area contributed by atoms with Crippen molar-refractivity contribution in [1.82, 2.24) is 5.32 Å². The van der Waals surface area contributed by atoms with E-state index < -0.39 is 0 Å². The highest BCUT2D eigenvalue weighted by Crippen LogP contribution is 2.27. The van der Waals surface area contributed by atoms with E-state index in [0.29, 0.717) is 18.9 Å². The maximum Gasteiger partial charge on any atom is 0.227 e. The first-order chi connectivity index (χ1) is 10.4. The first-order valence-corrected chi connectivity index (χ1v) is 8.13. The Balaban J connectivity index is 2.04. The first kappa shape index (κ1) is 16.5. The third kappa shape index (κ3) is 3.67. The lowest BCUT2D eigenvalue weighted by Gasteiger charge is -2.18. The summed E-state index contributed by atoms with van der Waals surface area (Å²) in [4.78, 5) is 26.1. The van der Waals surface area contributed by atoms with Gasteiger partial charge in [0.15, 0.2) is 0 Å². The van der Waals surface area contributed by atoms with E-state index in [-0.39, 0.29) is 23.8 Å². The number of hydrogen-bond donors (Lipinski definition) is 1. The van der Waals surface area contributed by atoms with E-state index in [9.17, 15) is 9.59 Å². The van der Waals surface area contributed by atoms with Gasteiger partial charge in [-0.3, -0.25) is 9.59 Å². The van der Waals surface area contributed by atoms with Crippen molar-refractivity contribution in [3.05, 3.63) is 29.8 Å². The summed E-state index contributed by atoms with van der Waals surface area (Å²) >= 11 is 0. The Morgan fingerprint density at radius 2 is 1.91 bits per heavy atom. The third-order valence-electron chi connectivity index (χ3n) is 4.37. The molecule has 4 nitrogen and oxygen atoms in total. The number of rotatable bonds is 5. The van der Waals surface area contributed by atoms with Gasteiger partial charge in [0.05, 0.1) is 5.92 Å². The van der Waals surface area contributed by atoms with E-state index in [1.807, 2.05) is 26.0 Å². The molecule has 1 heterocycles. The van der Waals surface area contributed by atoms with Crippen LogP contribution in [-0.4, -0.2) is 24.4 Å². The summed E-state index contributed by atoms with van der Waals surface area (Å²) in [7, 11) is 0. The van der Waals surface area contributed by atoms with Crippen LogP contribution >= 0.6 is 0 Å². The molecule has 1 fully saturated rings. The van der Waals surface area contributed by atoms with E-state index in [2.05, 4.69) is 31.3 Å². The fourth-order valence-electron chi connectivity index (χ4n) is 2.63. The second-order valence-corrected chi connectivity index (χ2v) is 6.47. The summed E-state index contributed by atoms with van der Waals surface area (Å²) in [6, 6.07) is 8.21. The van der Waals surface area contributed by atoms with Crippen LogP contribution in [0.1, 0.15) is 52.0 Å². The zero-order chi connectivity index (χ0) is 16.3. The van der Waals surface area contributed by atoms with Crippen LogP contribution in [0.4, 0.5) is 5.69 Å². The predicted octanol–water partition coefficient (Wildman–Crippen LogP) is 3.08. The molecule has 0 spiro atoms. The topological polar surface area (TPSA) is 49.4 Å². The van der Waals surface area contributed by atoms with Crippen molar-refractivity contribution in [2.45, 2.75) is 52.5 Å². The Morgan fingerprint density at radius 3 is 2.45 bits per heavy atom. The highest BCUT2D eigenvalue weighted by molar-refractivity contribution is 6.00. The van der Waals surface area contributed by atoms with Gasteiger partial charge >= 0.3 is 0 Å². The van der Waals surface area contributed by atoms with Crippen molar-refractivity contribution in [3.8, 4) is 0 Å². The normalized spacial score (nSPS) is 19.6. The molecule has 0 bridgehead atoms. The monoisotopic (exact) mass is 302 g/mol. The number of carbonyl (C=O) groups is 2. The van der Waals surface area contributed by atoms with Crippen molar-refractivity contribution in [3.63, 3.8) is 0 Å². The van der Waals surface area contributed by atoms with Crippen LogP contribution in [0.3, 0.4) is 0 Å². The van der Waals surface area contributed by atoms with Gasteiger partial charge in [-0.1, -0.05) is 32.9 Å². The van der Waals surface area contributed by atoms with Gasteiger partial charge in [0.25, 0.3) is 0 Å². The third-order valence-corrected chi connectivity index (χ3v) is 4.37. The van der Waals surface area contributed by atoms with Crippen LogP contribution in [0.15, 0.2) is 24.3 Å². The smallest absolute Gasteiger partial charge is 0.227 e. The number of hydrogen-bond acceptors (Lipinski definition) is 2. The maximum atomic E-state index is 12.2. The quantitative estimate of drug-likeness (QED) is 0.908. The summed E-state index contributed by atoms with van der Waals surface area (Å²) in [5.74, 6) is 0.245. The molecule has 22 heavy (non-hydrogen) atoms. The van der Waals surface area contributed by atoms with Crippen LogP contribution in [0, 0.1) is 5.92 Å². The Morgan fingerprint density at radius 1 is 1.27 bits per heavy atom. The molecule has 0 radical (unpaired) electrons. The van der Waals surface area contributed by atoms with Crippen molar-refractivity contribution < 1.29 is 9.59 Å². The molecule has 0 aliphatic carbocycles. The SMILES string of the molecule is CC[C@H](C)NC(=O)[C@@H]1CC(=O)N(c2ccc(C(C)C)cc2)C1. The largest absolute Gasteiger partial charge is 0.353 e. The van der Waals surface area contributed by atoms with Gasteiger partial charge in [0, 0.05) is 24.7 Å². The highest BCUT2D eigenvalue weighted by atomic mass is 16.2. The number of amides is 2. The van der Waals surface area contributed by atoms with Gasteiger partial charge in [-0.2, -0.15) is 0 Å². The van der Waals surface area contributed by atoms with Crippen LogP contribution < -0.4 is 10.2 Å². The number of nitrogens with one attached hydrogen (secondary N) is 1.